The fraction of sp³-hybridized carbons (Fsp3) is 0.870. The molecule has 16 heteroatoms. The van der Waals surface area contributed by atoms with Crippen molar-refractivity contribution in [3.05, 3.63) is 0 Å². The molecule has 2 unspecified atom stereocenters. The molecule has 16 nitrogen and oxygen atoms in total. The van der Waals surface area contributed by atoms with E-state index in [0.29, 0.717) is 13.1 Å². The molecule has 1 fully saturated rings. The van der Waals surface area contributed by atoms with Crippen LogP contribution >= 0.6 is 0 Å². The highest BCUT2D eigenvalue weighted by molar-refractivity contribution is 5.79. The summed E-state index contributed by atoms with van der Waals surface area (Å²) in [6, 6.07) is -2.20. The first-order chi connectivity index (χ1) is 29.9. The zero-order chi connectivity index (χ0) is 45.8. The second-order valence-electron chi connectivity index (χ2n) is 17.3. The van der Waals surface area contributed by atoms with Gasteiger partial charge in [-0.15, -0.1) is 0 Å². The maximum absolute atomic E-state index is 12.9. The van der Waals surface area contributed by atoms with Crippen LogP contribution in [0.2, 0.25) is 0 Å². The van der Waals surface area contributed by atoms with E-state index in [9.17, 15) is 49.2 Å². The van der Waals surface area contributed by atoms with Gasteiger partial charge in [-0.1, -0.05) is 129 Å². The van der Waals surface area contributed by atoms with Crippen LogP contribution in [0.15, 0.2) is 0 Å². The third-order valence-corrected chi connectivity index (χ3v) is 12.0. The van der Waals surface area contributed by atoms with Crippen molar-refractivity contribution in [2.24, 2.45) is 0 Å². The molecule has 0 radical (unpaired) electrons. The third-order valence-electron chi connectivity index (χ3n) is 12.0. The summed E-state index contributed by atoms with van der Waals surface area (Å²) in [5.74, 6) is -4.93. The molecular weight excluding hydrogens is 797 g/mol. The van der Waals surface area contributed by atoms with E-state index in [1.165, 1.54) is 89.9 Å². The van der Waals surface area contributed by atoms with Gasteiger partial charge in [0, 0.05) is 78.3 Å². The summed E-state index contributed by atoms with van der Waals surface area (Å²) >= 11 is 0. The normalized spacial score (nSPS) is 16.2. The van der Waals surface area contributed by atoms with Gasteiger partial charge >= 0.3 is 23.9 Å². The number of hydrogen-bond donors (Lipinski definition) is 6. The van der Waals surface area contributed by atoms with Crippen LogP contribution in [0.4, 0.5) is 0 Å². The molecule has 0 saturated carbocycles. The molecule has 1 saturated heterocycles. The van der Waals surface area contributed by atoms with Gasteiger partial charge < -0.3 is 31.1 Å². The number of carbonyl (C=O) groups is 6. The molecular formula is C46H86N6O10. The molecule has 1 aliphatic rings. The maximum Gasteiger partial charge on any atom is 0.320 e. The van der Waals surface area contributed by atoms with Gasteiger partial charge in [0.2, 0.25) is 11.8 Å². The van der Waals surface area contributed by atoms with E-state index >= 15 is 0 Å². The van der Waals surface area contributed by atoms with Crippen LogP contribution in [0.5, 0.6) is 0 Å². The highest BCUT2D eigenvalue weighted by atomic mass is 16.4. The lowest BCUT2D eigenvalue weighted by molar-refractivity contribution is -0.147. The van der Waals surface area contributed by atoms with E-state index in [1.807, 2.05) is 0 Å². The van der Waals surface area contributed by atoms with Crippen molar-refractivity contribution in [1.82, 2.24) is 30.2 Å². The zero-order valence-corrected chi connectivity index (χ0v) is 38.6. The van der Waals surface area contributed by atoms with E-state index in [0.717, 1.165) is 38.5 Å². The Labute approximate surface area is 372 Å². The topological polar surface area (TPSA) is 220 Å². The first-order valence-electron chi connectivity index (χ1n) is 24.2. The molecule has 0 aliphatic carbocycles. The molecule has 0 aromatic heterocycles. The quantitative estimate of drug-likeness (QED) is 0.0403. The van der Waals surface area contributed by atoms with Crippen molar-refractivity contribution in [2.45, 2.75) is 180 Å². The summed E-state index contributed by atoms with van der Waals surface area (Å²) in [4.78, 5) is 81.5. The number of unbranched alkanes of at least 4 members (excludes halogenated alkanes) is 18. The second-order valence-corrected chi connectivity index (χ2v) is 17.3. The highest BCUT2D eigenvalue weighted by Gasteiger charge is 2.31. The van der Waals surface area contributed by atoms with Crippen LogP contribution in [0, 0.1) is 0 Å². The standard InChI is InChI=1S/C46H86N6O10/c1-3-5-7-9-11-13-15-17-19-21-27-47-41(53)25-23-39(45(59)60)51-33-31-49(37-43(55)56)29-30-50(38-44(57)58)32-34-52(36-35-51)40(46(61)62)24-26-42(54)48-28-22-20-18-16-14-12-10-8-6-4-2/h39-40H,3-38H2,1-2H3,(H,47,53)(H,48,54)(H,55,56)(H,57,58)(H,59,60)(H,61,62). The van der Waals surface area contributed by atoms with Crippen molar-refractivity contribution in [1.29, 1.82) is 0 Å². The summed E-state index contributed by atoms with van der Waals surface area (Å²) in [7, 11) is 0. The van der Waals surface area contributed by atoms with Gasteiger partial charge in [0.05, 0.1) is 13.1 Å². The van der Waals surface area contributed by atoms with Crippen molar-refractivity contribution in [2.75, 3.05) is 78.5 Å². The second kappa shape index (κ2) is 37.1. The fourth-order valence-corrected chi connectivity index (χ4v) is 8.17. The van der Waals surface area contributed by atoms with Gasteiger partial charge in [0.1, 0.15) is 12.1 Å². The molecule has 6 N–H and O–H groups in total. The van der Waals surface area contributed by atoms with Crippen LogP contribution in [-0.4, -0.2) is 166 Å². The number of amides is 2. The van der Waals surface area contributed by atoms with Crippen LogP contribution < -0.4 is 10.6 Å². The third kappa shape index (κ3) is 29.9. The zero-order valence-electron chi connectivity index (χ0n) is 38.6. The van der Waals surface area contributed by atoms with Crippen molar-refractivity contribution in [3.63, 3.8) is 0 Å². The Morgan fingerprint density at radius 2 is 0.694 bits per heavy atom. The Morgan fingerprint density at radius 3 is 0.984 bits per heavy atom. The predicted molar refractivity (Wildman–Crippen MR) is 242 cm³/mol. The Morgan fingerprint density at radius 1 is 0.419 bits per heavy atom. The summed E-state index contributed by atoms with van der Waals surface area (Å²) in [5, 5.41) is 45.9. The summed E-state index contributed by atoms with van der Waals surface area (Å²) in [6.45, 7) is 5.91. The van der Waals surface area contributed by atoms with E-state index in [2.05, 4.69) is 24.5 Å². The van der Waals surface area contributed by atoms with Crippen LogP contribution in [0.3, 0.4) is 0 Å². The number of carbonyl (C=O) groups excluding carboxylic acids is 2. The smallest absolute Gasteiger partial charge is 0.320 e. The van der Waals surface area contributed by atoms with Gasteiger partial charge in [0.15, 0.2) is 0 Å². The Bertz CT molecular complexity index is 1150. The first-order valence-corrected chi connectivity index (χ1v) is 24.2. The molecule has 1 aliphatic heterocycles. The number of carboxylic acid groups (broad SMARTS) is 4. The van der Waals surface area contributed by atoms with E-state index < -0.39 is 36.0 Å². The number of aliphatic carboxylic acids is 4. The van der Waals surface area contributed by atoms with Crippen LogP contribution in [-0.2, 0) is 28.8 Å². The monoisotopic (exact) mass is 883 g/mol. The highest BCUT2D eigenvalue weighted by Crippen LogP contribution is 2.15. The molecule has 62 heavy (non-hydrogen) atoms. The maximum atomic E-state index is 12.9. The summed E-state index contributed by atoms with van der Waals surface area (Å²) in [6.07, 6.45) is 23.5. The Hall–Kier alpha value is -3.34. The Kier molecular flexibility index (Phi) is 33.9. The average molecular weight is 883 g/mol. The molecule has 1 heterocycles. The minimum absolute atomic E-state index is 0.00605. The summed E-state index contributed by atoms with van der Waals surface area (Å²) < 4.78 is 0. The molecule has 0 bridgehead atoms. The lowest BCUT2D eigenvalue weighted by Gasteiger charge is -2.37. The van der Waals surface area contributed by atoms with Gasteiger partial charge in [-0.25, -0.2) is 0 Å². The lowest BCUT2D eigenvalue weighted by atomic mass is 10.1. The number of hydrogen-bond acceptors (Lipinski definition) is 10. The fourth-order valence-electron chi connectivity index (χ4n) is 8.17. The van der Waals surface area contributed by atoms with Gasteiger partial charge in [-0.2, -0.15) is 0 Å². The van der Waals surface area contributed by atoms with E-state index in [4.69, 9.17) is 0 Å². The Balaban J connectivity index is 2.93. The number of nitrogens with one attached hydrogen (secondary N) is 2. The molecule has 0 aromatic carbocycles. The molecule has 2 amide bonds. The largest absolute Gasteiger partial charge is 0.480 e. The van der Waals surface area contributed by atoms with Crippen molar-refractivity contribution in [3.8, 4) is 0 Å². The molecule has 0 spiro atoms. The molecule has 0 aromatic rings. The number of carboxylic acids is 4. The molecule has 2 atom stereocenters. The van der Waals surface area contributed by atoms with Gasteiger partial charge in [-0.3, -0.25) is 48.4 Å². The van der Waals surface area contributed by atoms with Gasteiger partial charge in [-0.05, 0) is 25.7 Å². The van der Waals surface area contributed by atoms with E-state index in [-0.39, 0.29) is 103 Å². The molecule has 1 rings (SSSR count). The predicted octanol–water partition coefficient (Wildman–Crippen LogP) is 5.92. The van der Waals surface area contributed by atoms with Crippen molar-refractivity contribution >= 4 is 35.7 Å². The van der Waals surface area contributed by atoms with E-state index in [1.54, 1.807) is 19.6 Å². The molecule has 360 valence electrons. The van der Waals surface area contributed by atoms with Crippen LogP contribution in [0.1, 0.15) is 168 Å². The lowest BCUT2D eigenvalue weighted by Crippen LogP contribution is -2.54. The number of rotatable bonds is 36. The SMILES string of the molecule is CCCCCCCCCCCCNC(=O)CCC(C(=O)O)N1CCN(CC(=O)O)CCN(CC(=O)O)CCN(C(CCC(=O)NCCCCCCCCCCCC)C(=O)O)CC1. The van der Waals surface area contributed by atoms with Gasteiger partial charge in [0.25, 0.3) is 0 Å². The van der Waals surface area contributed by atoms with Crippen molar-refractivity contribution < 1.29 is 49.2 Å². The minimum atomic E-state index is -1.14. The average Bonchev–Trinajstić information content (AvgIpc) is 3.21. The minimum Gasteiger partial charge on any atom is -0.480 e. The number of nitrogens with zero attached hydrogens (tertiary/aromatic N) is 4. The van der Waals surface area contributed by atoms with Crippen LogP contribution in [0.25, 0.3) is 0 Å². The first kappa shape index (κ1) is 56.7. The summed E-state index contributed by atoms with van der Waals surface area (Å²) in [5.41, 5.74) is 0.